The number of carbonyl (C=O) groups is 1. The molecule has 1 aliphatic rings. The standard InChI is InChI=1S/C16H22BrNO4/c1-9(2)14-10(12(18)4-5-13(19)20)8-11(17)15-16(14)22-7-3-6-21-15/h8-9,12H,3-7,18H2,1-2H3,(H,19,20). The number of halogens is 1. The zero-order valence-corrected chi connectivity index (χ0v) is 14.5. The summed E-state index contributed by atoms with van der Waals surface area (Å²) < 4.78 is 12.5. The van der Waals surface area contributed by atoms with Gasteiger partial charge in [-0.05, 0) is 39.9 Å². The second-order valence-electron chi connectivity index (χ2n) is 5.76. The number of nitrogens with two attached hydrogens (primary N) is 1. The maximum absolute atomic E-state index is 10.8. The van der Waals surface area contributed by atoms with Crippen LogP contribution in [0.5, 0.6) is 11.5 Å². The van der Waals surface area contributed by atoms with Crippen molar-refractivity contribution >= 4 is 21.9 Å². The van der Waals surface area contributed by atoms with Crippen molar-refractivity contribution in [3.05, 3.63) is 21.7 Å². The lowest BCUT2D eigenvalue weighted by Gasteiger charge is -2.23. The molecule has 1 aliphatic heterocycles. The zero-order valence-electron chi connectivity index (χ0n) is 12.9. The first-order valence-corrected chi connectivity index (χ1v) is 8.30. The molecular weight excluding hydrogens is 350 g/mol. The number of carboxylic acids is 1. The van der Waals surface area contributed by atoms with Crippen LogP contribution in [0.3, 0.4) is 0 Å². The molecule has 0 aromatic heterocycles. The highest BCUT2D eigenvalue weighted by Gasteiger charge is 2.26. The van der Waals surface area contributed by atoms with Crippen LogP contribution in [-0.4, -0.2) is 24.3 Å². The molecule has 6 heteroatoms. The summed E-state index contributed by atoms with van der Waals surface area (Å²) in [5.41, 5.74) is 8.18. The number of hydrogen-bond acceptors (Lipinski definition) is 4. The molecule has 1 heterocycles. The molecule has 1 atom stereocenters. The summed E-state index contributed by atoms with van der Waals surface area (Å²) >= 11 is 3.52. The van der Waals surface area contributed by atoms with Crippen molar-refractivity contribution in [3.63, 3.8) is 0 Å². The predicted molar refractivity (Wildman–Crippen MR) is 87.6 cm³/mol. The summed E-state index contributed by atoms with van der Waals surface area (Å²) in [7, 11) is 0. The molecule has 0 saturated heterocycles. The van der Waals surface area contributed by atoms with E-state index in [0.717, 1.165) is 33.5 Å². The Morgan fingerprint density at radius 3 is 2.59 bits per heavy atom. The summed E-state index contributed by atoms with van der Waals surface area (Å²) in [5.74, 6) is 0.822. The van der Waals surface area contributed by atoms with E-state index in [1.54, 1.807) is 0 Å². The molecule has 0 radical (unpaired) electrons. The maximum atomic E-state index is 10.8. The maximum Gasteiger partial charge on any atom is 0.303 e. The van der Waals surface area contributed by atoms with Crippen molar-refractivity contribution in [1.82, 2.24) is 0 Å². The Labute approximate surface area is 138 Å². The van der Waals surface area contributed by atoms with Crippen LogP contribution in [-0.2, 0) is 4.79 Å². The molecule has 5 nitrogen and oxygen atoms in total. The van der Waals surface area contributed by atoms with Crippen molar-refractivity contribution in [1.29, 1.82) is 0 Å². The quantitative estimate of drug-likeness (QED) is 0.825. The first-order chi connectivity index (χ1) is 10.4. The van der Waals surface area contributed by atoms with Gasteiger partial charge in [-0.15, -0.1) is 0 Å². The van der Waals surface area contributed by atoms with E-state index in [0.29, 0.717) is 19.6 Å². The number of hydrogen-bond donors (Lipinski definition) is 2. The first-order valence-electron chi connectivity index (χ1n) is 7.51. The van der Waals surface area contributed by atoms with E-state index in [1.165, 1.54) is 0 Å². The zero-order chi connectivity index (χ0) is 16.3. The van der Waals surface area contributed by atoms with Gasteiger partial charge in [0.2, 0.25) is 0 Å². The van der Waals surface area contributed by atoms with Gasteiger partial charge in [0, 0.05) is 24.4 Å². The number of benzene rings is 1. The summed E-state index contributed by atoms with van der Waals surface area (Å²) in [6.45, 7) is 5.37. The summed E-state index contributed by atoms with van der Waals surface area (Å²) in [5, 5.41) is 8.86. The van der Waals surface area contributed by atoms with E-state index in [2.05, 4.69) is 29.8 Å². The number of aliphatic carboxylic acids is 1. The molecule has 22 heavy (non-hydrogen) atoms. The van der Waals surface area contributed by atoms with Crippen LogP contribution in [0.15, 0.2) is 10.5 Å². The van der Waals surface area contributed by atoms with Crippen molar-refractivity contribution < 1.29 is 19.4 Å². The van der Waals surface area contributed by atoms with Gasteiger partial charge in [-0.2, -0.15) is 0 Å². The average molecular weight is 372 g/mol. The Balaban J connectivity index is 2.47. The molecule has 122 valence electrons. The Morgan fingerprint density at radius 1 is 1.36 bits per heavy atom. The third-order valence-electron chi connectivity index (χ3n) is 3.69. The SMILES string of the molecule is CC(C)c1c(C(N)CCC(=O)O)cc(Br)c2c1OCCCO2. The minimum Gasteiger partial charge on any atom is -0.489 e. The second-order valence-corrected chi connectivity index (χ2v) is 6.62. The second kappa shape index (κ2) is 7.33. The minimum absolute atomic E-state index is 0.0464. The topological polar surface area (TPSA) is 81.8 Å². The van der Waals surface area contributed by atoms with Crippen LogP contribution in [0.2, 0.25) is 0 Å². The van der Waals surface area contributed by atoms with Crippen LogP contribution >= 0.6 is 15.9 Å². The lowest BCUT2D eigenvalue weighted by Crippen LogP contribution is -2.16. The fourth-order valence-electron chi connectivity index (χ4n) is 2.66. The van der Waals surface area contributed by atoms with Crippen LogP contribution in [0.4, 0.5) is 0 Å². The van der Waals surface area contributed by atoms with E-state index in [1.807, 2.05) is 6.07 Å². The highest BCUT2D eigenvalue weighted by atomic mass is 79.9. The number of rotatable bonds is 5. The van der Waals surface area contributed by atoms with Gasteiger partial charge in [0.05, 0.1) is 17.7 Å². The van der Waals surface area contributed by atoms with Crippen molar-refractivity contribution in [2.24, 2.45) is 5.73 Å². The number of carboxylic acid groups (broad SMARTS) is 1. The minimum atomic E-state index is -0.838. The summed E-state index contributed by atoms with van der Waals surface area (Å²) in [6, 6.07) is 1.59. The smallest absolute Gasteiger partial charge is 0.303 e. The largest absolute Gasteiger partial charge is 0.489 e. The van der Waals surface area contributed by atoms with Gasteiger partial charge in [-0.25, -0.2) is 0 Å². The van der Waals surface area contributed by atoms with Crippen LogP contribution < -0.4 is 15.2 Å². The van der Waals surface area contributed by atoms with E-state index in [4.69, 9.17) is 20.3 Å². The molecule has 0 spiro atoms. The van der Waals surface area contributed by atoms with Gasteiger partial charge in [0.25, 0.3) is 0 Å². The Morgan fingerprint density at radius 2 is 2.00 bits per heavy atom. The monoisotopic (exact) mass is 371 g/mol. The van der Waals surface area contributed by atoms with Crippen molar-refractivity contribution in [3.8, 4) is 11.5 Å². The molecule has 2 rings (SSSR count). The fourth-order valence-corrected chi connectivity index (χ4v) is 3.20. The van der Waals surface area contributed by atoms with E-state index >= 15 is 0 Å². The van der Waals surface area contributed by atoms with Crippen molar-refractivity contribution in [2.75, 3.05) is 13.2 Å². The van der Waals surface area contributed by atoms with Gasteiger partial charge in [0.15, 0.2) is 11.5 Å². The Kier molecular flexibility index (Phi) is 5.69. The third kappa shape index (κ3) is 3.73. The first kappa shape index (κ1) is 17.1. The van der Waals surface area contributed by atoms with Gasteiger partial charge in [0.1, 0.15) is 0 Å². The highest BCUT2D eigenvalue weighted by Crippen LogP contribution is 2.46. The molecule has 0 saturated carbocycles. The van der Waals surface area contributed by atoms with Crippen molar-refractivity contribution in [2.45, 2.75) is 45.1 Å². The molecule has 1 aromatic rings. The molecule has 0 fully saturated rings. The molecule has 1 unspecified atom stereocenters. The number of fused-ring (bicyclic) bond motifs is 1. The van der Waals surface area contributed by atoms with Gasteiger partial charge in [-0.3, -0.25) is 4.79 Å². The average Bonchev–Trinajstić information content (AvgIpc) is 2.70. The number of ether oxygens (including phenoxy) is 2. The molecule has 3 N–H and O–H groups in total. The van der Waals surface area contributed by atoms with E-state index in [9.17, 15) is 4.79 Å². The molecule has 0 amide bonds. The van der Waals surface area contributed by atoms with Crippen LogP contribution in [0.25, 0.3) is 0 Å². The van der Waals surface area contributed by atoms with Crippen LogP contribution in [0.1, 0.15) is 56.2 Å². The molecular formula is C16H22BrNO4. The molecule has 0 bridgehead atoms. The third-order valence-corrected chi connectivity index (χ3v) is 4.28. The normalized spacial score (nSPS) is 15.5. The lowest BCUT2D eigenvalue weighted by atomic mass is 9.90. The fraction of sp³-hybridized carbons (Fsp3) is 0.562. The van der Waals surface area contributed by atoms with Gasteiger partial charge >= 0.3 is 5.97 Å². The Bertz CT molecular complexity index is 560. The molecule has 0 aliphatic carbocycles. The Hall–Kier alpha value is -1.27. The van der Waals surface area contributed by atoms with Gasteiger partial charge < -0.3 is 20.3 Å². The lowest BCUT2D eigenvalue weighted by molar-refractivity contribution is -0.137. The van der Waals surface area contributed by atoms with Crippen LogP contribution in [0, 0.1) is 0 Å². The predicted octanol–water partition coefficient (Wildman–Crippen LogP) is 3.60. The summed E-state index contributed by atoms with van der Waals surface area (Å²) in [4.78, 5) is 10.8. The summed E-state index contributed by atoms with van der Waals surface area (Å²) in [6.07, 6.45) is 1.27. The molecule has 1 aromatic carbocycles. The highest BCUT2D eigenvalue weighted by molar-refractivity contribution is 9.10. The van der Waals surface area contributed by atoms with E-state index in [-0.39, 0.29) is 18.4 Å². The van der Waals surface area contributed by atoms with E-state index < -0.39 is 5.97 Å². The van der Waals surface area contributed by atoms with Gasteiger partial charge in [-0.1, -0.05) is 13.8 Å².